The quantitative estimate of drug-likeness (QED) is 0.700. The minimum absolute atomic E-state index is 0.127. The van der Waals surface area contributed by atoms with E-state index in [0.717, 1.165) is 41.4 Å². The van der Waals surface area contributed by atoms with Crippen LogP contribution in [0.25, 0.3) is 10.9 Å². The third-order valence-corrected chi connectivity index (χ3v) is 6.11. The lowest BCUT2D eigenvalue weighted by molar-refractivity contribution is 0.0831. The molecule has 2 amide bonds. The van der Waals surface area contributed by atoms with Crippen molar-refractivity contribution in [1.82, 2.24) is 14.9 Å². The Balaban J connectivity index is 1.75. The van der Waals surface area contributed by atoms with Crippen LogP contribution in [-0.2, 0) is 12.8 Å². The second-order valence-corrected chi connectivity index (χ2v) is 8.45. The van der Waals surface area contributed by atoms with E-state index in [1.54, 1.807) is 33.2 Å². The highest BCUT2D eigenvalue weighted by atomic mass is 35.5. The second-order valence-electron chi connectivity index (χ2n) is 7.01. The number of halogens is 1. The van der Waals surface area contributed by atoms with Crippen LogP contribution in [0.4, 0.5) is 5.13 Å². The van der Waals surface area contributed by atoms with Crippen molar-refractivity contribution in [3.8, 4) is 0 Å². The molecule has 0 unspecified atom stereocenters. The van der Waals surface area contributed by atoms with Crippen molar-refractivity contribution in [2.45, 2.75) is 26.2 Å². The monoisotopic (exact) mass is 414 g/mol. The summed E-state index contributed by atoms with van der Waals surface area (Å²) in [6, 6.07) is 5.41. The zero-order valence-electron chi connectivity index (χ0n) is 15.8. The van der Waals surface area contributed by atoms with E-state index < -0.39 is 0 Å². The molecule has 0 radical (unpaired) electrons. The van der Waals surface area contributed by atoms with E-state index in [4.69, 9.17) is 16.6 Å². The Morgan fingerprint density at radius 1 is 1.21 bits per heavy atom. The molecule has 0 aliphatic heterocycles. The molecule has 0 fully saturated rings. The highest BCUT2D eigenvalue weighted by Crippen LogP contribution is 2.32. The number of rotatable bonds is 3. The van der Waals surface area contributed by atoms with Gasteiger partial charge in [0.2, 0.25) is 0 Å². The van der Waals surface area contributed by atoms with E-state index in [0.29, 0.717) is 26.3 Å². The predicted octanol–water partition coefficient (Wildman–Crippen LogP) is 4.10. The minimum atomic E-state index is -0.245. The van der Waals surface area contributed by atoms with E-state index in [1.165, 1.54) is 16.2 Å². The molecule has 6 nitrogen and oxygen atoms in total. The number of carbonyl (C=O) groups excluding carboxylic acids is 2. The molecule has 144 valence electrons. The minimum Gasteiger partial charge on any atom is -0.344 e. The zero-order valence-corrected chi connectivity index (χ0v) is 17.4. The molecule has 0 spiro atoms. The van der Waals surface area contributed by atoms with Crippen LogP contribution >= 0.6 is 22.9 Å². The van der Waals surface area contributed by atoms with Gasteiger partial charge >= 0.3 is 0 Å². The van der Waals surface area contributed by atoms with Crippen LogP contribution in [-0.4, -0.2) is 40.8 Å². The molecular weight excluding hydrogens is 396 g/mol. The van der Waals surface area contributed by atoms with Crippen LogP contribution in [0.15, 0.2) is 18.2 Å². The number of hydrogen-bond donors (Lipinski definition) is 1. The fraction of sp³-hybridized carbons (Fsp3) is 0.300. The summed E-state index contributed by atoms with van der Waals surface area (Å²) < 4.78 is 0. The van der Waals surface area contributed by atoms with E-state index in [2.05, 4.69) is 10.3 Å². The normalized spacial score (nSPS) is 12.9. The lowest BCUT2D eigenvalue weighted by atomic mass is 10.0. The molecule has 0 saturated heterocycles. The summed E-state index contributed by atoms with van der Waals surface area (Å²) >= 11 is 7.37. The number of nitrogens with zero attached hydrogens (tertiary/aromatic N) is 3. The van der Waals surface area contributed by atoms with Gasteiger partial charge < -0.3 is 4.90 Å². The fourth-order valence-corrected chi connectivity index (χ4v) is 4.66. The summed E-state index contributed by atoms with van der Waals surface area (Å²) in [6.45, 7) is 1.77. The van der Waals surface area contributed by atoms with Gasteiger partial charge in [-0.25, -0.2) is 4.98 Å². The zero-order chi connectivity index (χ0) is 20.0. The smallest absolute Gasteiger partial charge is 0.265 e. The number of pyridine rings is 1. The van der Waals surface area contributed by atoms with Gasteiger partial charge in [0.1, 0.15) is 4.88 Å². The average molecular weight is 415 g/mol. The molecule has 28 heavy (non-hydrogen) atoms. The molecule has 2 heterocycles. The van der Waals surface area contributed by atoms with E-state index in [-0.39, 0.29) is 11.8 Å². The van der Waals surface area contributed by atoms with Crippen molar-refractivity contribution in [1.29, 1.82) is 0 Å². The summed E-state index contributed by atoms with van der Waals surface area (Å²) in [6.07, 6.45) is 2.66. The molecule has 0 bridgehead atoms. The molecule has 1 aromatic carbocycles. The molecule has 4 rings (SSSR count). The number of aryl methyl sites for hydroxylation is 2. The summed E-state index contributed by atoms with van der Waals surface area (Å²) in [5.74, 6) is -0.372. The van der Waals surface area contributed by atoms with Crippen molar-refractivity contribution in [2.24, 2.45) is 0 Å². The van der Waals surface area contributed by atoms with Crippen molar-refractivity contribution in [2.75, 3.05) is 19.4 Å². The highest BCUT2D eigenvalue weighted by Gasteiger charge is 2.25. The Labute approximate surface area is 171 Å². The summed E-state index contributed by atoms with van der Waals surface area (Å²) in [5.41, 5.74) is 3.91. The third-order valence-electron chi connectivity index (χ3n) is 4.82. The van der Waals surface area contributed by atoms with Gasteiger partial charge in [-0.2, -0.15) is 0 Å². The Hall–Kier alpha value is -2.51. The maximum atomic E-state index is 13.2. The van der Waals surface area contributed by atoms with Crippen molar-refractivity contribution in [3.05, 3.63) is 50.6 Å². The van der Waals surface area contributed by atoms with Gasteiger partial charge in [0, 0.05) is 30.2 Å². The fourth-order valence-electron chi connectivity index (χ4n) is 3.50. The van der Waals surface area contributed by atoms with E-state index in [1.807, 2.05) is 6.07 Å². The Bertz CT molecular complexity index is 1120. The average Bonchev–Trinajstić information content (AvgIpc) is 3.24. The van der Waals surface area contributed by atoms with Gasteiger partial charge in [-0.1, -0.05) is 22.9 Å². The first-order chi connectivity index (χ1) is 13.3. The van der Waals surface area contributed by atoms with Gasteiger partial charge in [0.25, 0.3) is 11.8 Å². The van der Waals surface area contributed by atoms with Gasteiger partial charge in [0.05, 0.1) is 16.8 Å². The van der Waals surface area contributed by atoms with E-state index >= 15 is 0 Å². The molecule has 8 heteroatoms. The molecule has 1 aliphatic rings. The van der Waals surface area contributed by atoms with Crippen LogP contribution in [0, 0.1) is 6.92 Å². The number of hydrogen-bond acceptors (Lipinski definition) is 5. The van der Waals surface area contributed by atoms with Crippen molar-refractivity contribution in [3.63, 3.8) is 0 Å². The maximum Gasteiger partial charge on any atom is 0.265 e. The molecular formula is C20H19ClN4O2S. The molecule has 1 N–H and O–H groups in total. The first-order valence-corrected chi connectivity index (χ1v) is 10.2. The standard InChI is InChI=1S/C20H19ClN4O2S/c1-10-17(19(27)25(2)3)28-20(22-10)24-18(26)16-12-5-4-6-14(12)23-15-8-7-11(21)9-13(15)16/h7-9H,4-6H2,1-3H3,(H,22,24,26). The van der Waals surface area contributed by atoms with Gasteiger partial charge in [-0.3, -0.25) is 19.9 Å². The Morgan fingerprint density at radius 3 is 2.75 bits per heavy atom. The van der Waals surface area contributed by atoms with Gasteiger partial charge in [-0.15, -0.1) is 0 Å². The lowest BCUT2D eigenvalue weighted by Crippen LogP contribution is -2.21. The number of thiazole rings is 1. The maximum absolute atomic E-state index is 13.2. The Kier molecular flexibility index (Phi) is 4.81. The van der Waals surface area contributed by atoms with Crippen LogP contribution in [0.2, 0.25) is 5.02 Å². The van der Waals surface area contributed by atoms with E-state index in [9.17, 15) is 9.59 Å². The SMILES string of the molecule is Cc1nc(NC(=O)c2c3c(nc4ccc(Cl)cc24)CCC3)sc1C(=O)N(C)C. The number of anilines is 1. The van der Waals surface area contributed by atoms with Crippen LogP contribution in [0.3, 0.4) is 0 Å². The summed E-state index contributed by atoms with van der Waals surface area (Å²) in [4.78, 5) is 36.6. The van der Waals surface area contributed by atoms with Crippen LogP contribution in [0.1, 0.15) is 43.4 Å². The third kappa shape index (κ3) is 3.25. The lowest BCUT2D eigenvalue weighted by Gasteiger charge is -2.12. The molecule has 0 saturated carbocycles. The van der Waals surface area contributed by atoms with Crippen LogP contribution in [0.5, 0.6) is 0 Å². The number of nitrogens with one attached hydrogen (secondary N) is 1. The first-order valence-electron chi connectivity index (χ1n) is 8.96. The predicted molar refractivity (Wildman–Crippen MR) is 112 cm³/mol. The molecule has 1 aliphatic carbocycles. The van der Waals surface area contributed by atoms with Gasteiger partial charge in [-0.05, 0) is 49.9 Å². The number of fused-ring (bicyclic) bond motifs is 2. The van der Waals surface area contributed by atoms with Crippen molar-refractivity contribution < 1.29 is 9.59 Å². The van der Waals surface area contributed by atoms with Crippen molar-refractivity contribution >= 4 is 50.8 Å². The first kappa shape index (κ1) is 18.8. The molecule has 3 aromatic rings. The van der Waals surface area contributed by atoms with Crippen LogP contribution < -0.4 is 5.32 Å². The summed E-state index contributed by atoms with van der Waals surface area (Å²) in [5, 5.41) is 4.59. The second kappa shape index (κ2) is 7.14. The summed E-state index contributed by atoms with van der Waals surface area (Å²) in [7, 11) is 3.38. The van der Waals surface area contributed by atoms with Gasteiger partial charge in [0.15, 0.2) is 5.13 Å². The number of carbonyl (C=O) groups is 2. The number of aromatic nitrogens is 2. The highest BCUT2D eigenvalue weighted by molar-refractivity contribution is 7.17. The largest absolute Gasteiger partial charge is 0.344 e. The Morgan fingerprint density at radius 2 is 2.00 bits per heavy atom. The molecule has 0 atom stereocenters. The molecule has 2 aromatic heterocycles. The number of benzene rings is 1. The number of amides is 2. The topological polar surface area (TPSA) is 75.2 Å².